The van der Waals surface area contributed by atoms with Gasteiger partial charge in [0.25, 0.3) is 11.7 Å². The van der Waals surface area contributed by atoms with Gasteiger partial charge in [0.2, 0.25) is 0 Å². The second-order valence-corrected chi connectivity index (χ2v) is 8.85. The maximum atomic E-state index is 13.4. The lowest BCUT2D eigenvalue weighted by atomic mass is 9.94. The van der Waals surface area contributed by atoms with Gasteiger partial charge >= 0.3 is 0 Å². The van der Waals surface area contributed by atoms with Gasteiger partial charge < -0.3 is 29.0 Å². The first-order valence-corrected chi connectivity index (χ1v) is 11.7. The number of carbonyl (C=O) groups excluding carboxylic acids is 2. The Hall–Kier alpha value is -3.39. The Morgan fingerprint density at radius 2 is 1.51 bits per heavy atom. The maximum absolute atomic E-state index is 13.4. The predicted molar refractivity (Wildman–Crippen MR) is 131 cm³/mol. The predicted octanol–water partition coefficient (Wildman–Crippen LogP) is 4.74. The number of hydrogen-bond donors (Lipinski definition) is 1. The maximum Gasteiger partial charge on any atom is 0.295 e. The van der Waals surface area contributed by atoms with Crippen molar-refractivity contribution in [1.82, 2.24) is 4.90 Å². The van der Waals surface area contributed by atoms with Gasteiger partial charge in [-0.05, 0) is 36.6 Å². The molecule has 1 atom stereocenters. The summed E-state index contributed by atoms with van der Waals surface area (Å²) in [4.78, 5) is 28.3. The van der Waals surface area contributed by atoms with Crippen LogP contribution in [0.2, 0.25) is 5.02 Å². The van der Waals surface area contributed by atoms with Crippen molar-refractivity contribution in [3.05, 3.63) is 52.1 Å². The molecule has 2 aliphatic rings. The molecule has 1 N–H and O–H groups in total. The molecule has 0 radical (unpaired) electrons. The third-order valence-electron chi connectivity index (χ3n) is 6.65. The Morgan fingerprint density at radius 3 is 2.11 bits per heavy atom. The van der Waals surface area contributed by atoms with E-state index in [0.29, 0.717) is 22.8 Å². The summed E-state index contributed by atoms with van der Waals surface area (Å²) in [5, 5.41) is 11.8. The van der Waals surface area contributed by atoms with Gasteiger partial charge in [0.05, 0.1) is 50.6 Å². The van der Waals surface area contributed by atoms with E-state index in [1.165, 1.54) is 40.6 Å². The Balaban J connectivity index is 1.96. The van der Waals surface area contributed by atoms with E-state index in [-0.39, 0.29) is 33.7 Å². The zero-order chi connectivity index (χ0) is 25.3. The van der Waals surface area contributed by atoms with Crippen molar-refractivity contribution in [3.63, 3.8) is 0 Å². The standard InChI is InChI=1S/C26H28ClNO7/c1-32-18-10-9-14(11-21(18)35-4)23-22(25(30)26(31)28(23)15-7-5-6-8-15)24(29)16-12-20(34-3)17(27)13-19(16)33-2/h9-13,15,23,29H,5-8H2,1-4H3/b24-22+. The lowest BCUT2D eigenvalue weighted by Gasteiger charge is -2.31. The number of ether oxygens (including phenoxy) is 4. The number of aliphatic hydroxyl groups is 1. The second kappa shape index (κ2) is 10.1. The van der Waals surface area contributed by atoms with Crippen LogP contribution in [0.1, 0.15) is 42.9 Å². The molecule has 2 aromatic rings. The van der Waals surface area contributed by atoms with Crippen LogP contribution < -0.4 is 18.9 Å². The van der Waals surface area contributed by atoms with Gasteiger partial charge in [-0.15, -0.1) is 0 Å². The number of halogens is 1. The van der Waals surface area contributed by atoms with E-state index in [0.717, 1.165) is 25.7 Å². The molecule has 1 aliphatic carbocycles. The minimum atomic E-state index is -0.815. The molecule has 1 unspecified atom stereocenters. The fourth-order valence-electron chi connectivity index (χ4n) is 4.95. The molecule has 8 nitrogen and oxygen atoms in total. The highest BCUT2D eigenvalue weighted by Crippen LogP contribution is 2.46. The molecule has 1 saturated carbocycles. The van der Waals surface area contributed by atoms with Crippen molar-refractivity contribution in [2.24, 2.45) is 0 Å². The van der Waals surface area contributed by atoms with Gasteiger partial charge in [0, 0.05) is 12.1 Å². The Bertz CT molecular complexity index is 1190. The lowest BCUT2D eigenvalue weighted by Crippen LogP contribution is -2.37. The average molecular weight is 502 g/mol. The number of methoxy groups -OCH3 is 4. The van der Waals surface area contributed by atoms with Gasteiger partial charge in [0.15, 0.2) is 11.5 Å². The van der Waals surface area contributed by atoms with E-state index in [4.69, 9.17) is 30.5 Å². The quantitative estimate of drug-likeness (QED) is 0.332. The van der Waals surface area contributed by atoms with Crippen LogP contribution in [0.15, 0.2) is 35.9 Å². The number of aliphatic hydroxyl groups excluding tert-OH is 1. The molecular weight excluding hydrogens is 474 g/mol. The topological polar surface area (TPSA) is 94.5 Å². The molecule has 35 heavy (non-hydrogen) atoms. The SMILES string of the molecule is COc1cc(/C(O)=C2\C(=O)C(=O)N(C3CCCC3)C2c2ccc(OC)c(OC)c2)c(OC)cc1Cl. The molecule has 0 bridgehead atoms. The van der Waals surface area contributed by atoms with Crippen LogP contribution in [0.3, 0.4) is 0 Å². The van der Waals surface area contributed by atoms with Crippen LogP contribution in [-0.4, -0.2) is 56.2 Å². The molecule has 4 rings (SSSR count). The fourth-order valence-corrected chi connectivity index (χ4v) is 5.18. The first-order valence-electron chi connectivity index (χ1n) is 11.3. The smallest absolute Gasteiger partial charge is 0.295 e. The summed E-state index contributed by atoms with van der Waals surface area (Å²) in [6.07, 6.45) is 3.51. The zero-order valence-electron chi connectivity index (χ0n) is 20.1. The number of likely N-dealkylation sites (tertiary alicyclic amines) is 1. The van der Waals surface area contributed by atoms with Crippen molar-refractivity contribution in [1.29, 1.82) is 0 Å². The molecule has 186 valence electrons. The van der Waals surface area contributed by atoms with Crippen LogP contribution in [0.5, 0.6) is 23.0 Å². The highest BCUT2D eigenvalue weighted by atomic mass is 35.5. The fraction of sp³-hybridized carbons (Fsp3) is 0.385. The third-order valence-corrected chi connectivity index (χ3v) is 6.95. The van der Waals surface area contributed by atoms with Gasteiger partial charge in [-0.25, -0.2) is 0 Å². The first kappa shape index (κ1) is 24.7. The molecule has 1 amide bonds. The van der Waals surface area contributed by atoms with Crippen LogP contribution in [0.25, 0.3) is 5.76 Å². The van der Waals surface area contributed by atoms with Crippen LogP contribution >= 0.6 is 11.6 Å². The van der Waals surface area contributed by atoms with Crippen molar-refractivity contribution < 1.29 is 33.6 Å². The number of carbonyl (C=O) groups is 2. The molecule has 1 heterocycles. The van der Waals surface area contributed by atoms with E-state index >= 15 is 0 Å². The number of hydrogen-bond acceptors (Lipinski definition) is 7. The number of benzene rings is 2. The summed E-state index contributed by atoms with van der Waals surface area (Å²) in [6, 6.07) is 7.27. The molecule has 0 spiro atoms. The Morgan fingerprint density at radius 1 is 0.886 bits per heavy atom. The van der Waals surface area contributed by atoms with Crippen molar-refractivity contribution >= 4 is 29.1 Å². The molecule has 1 aliphatic heterocycles. The summed E-state index contributed by atoms with van der Waals surface area (Å²) < 4.78 is 21.5. The van der Waals surface area contributed by atoms with Crippen molar-refractivity contribution in [3.8, 4) is 23.0 Å². The van der Waals surface area contributed by atoms with E-state index in [9.17, 15) is 14.7 Å². The van der Waals surface area contributed by atoms with Gasteiger partial charge in [-0.3, -0.25) is 9.59 Å². The normalized spacial score (nSPS) is 19.8. The van der Waals surface area contributed by atoms with Crippen molar-refractivity contribution in [2.75, 3.05) is 28.4 Å². The van der Waals surface area contributed by atoms with Gasteiger partial charge in [-0.2, -0.15) is 0 Å². The molecule has 1 saturated heterocycles. The Kier molecular flexibility index (Phi) is 7.12. The number of rotatable bonds is 7. The van der Waals surface area contributed by atoms with E-state index in [1.54, 1.807) is 23.1 Å². The Labute approximate surface area is 209 Å². The molecule has 2 aromatic carbocycles. The number of ketones is 1. The van der Waals surface area contributed by atoms with E-state index in [1.807, 2.05) is 0 Å². The molecule has 9 heteroatoms. The van der Waals surface area contributed by atoms with Crippen molar-refractivity contribution in [2.45, 2.75) is 37.8 Å². The monoisotopic (exact) mass is 501 g/mol. The van der Waals surface area contributed by atoms with Gasteiger partial charge in [0.1, 0.15) is 17.3 Å². The minimum Gasteiger partial charge on any atom is -0.507 e. The summed E-state index contributed by atoms with van der Waals surface area (Å²) in [6.45, 7) is 0. The summed E-state index contributed by atoms with van der Waals surface area (Å²) in [5.41, 5.74) is 0.788. The molecular formula is C26H28ClNO7. The van der Waals surface area contributed by atoms with Gasteiger partial charge in [-0.1, -0.05) is 30.5 Å². The number of amides is 1. The van der Waals surface area contributed by atoms with Crippen LogP contribution in [0.4, 0.5) is 0 Å². The van der Waals surface area contributed by atoms with E-state index in [2.05, 4.69) is 0 Å². The number of Topliss-reactive ketones (excluding diaryl/α,β-unsaturated/α-hetero) is 1. The third kappa shape index (κ3) is 4.27. The molecule has 0 aromatic heterocycles. The average Bonchev–Trinajstić information content (AvgIpc) is 3.49. The highest BCUT2D eigenvalue weighted by molar-refractivity contribution is 6.46. The summed E-state index contributed by atoms with van der Waals surface area (Å²) in [7, 11) is 5.92. The lowest BCUT2D eigenvalue weighted by molar-refractivity contribution is -0.141. The molecule has 2 fully saturated rings. The van der Waals surface area contributed by atoms with Crippen LogP contribution in [-0.2, 0) is 9.59 Å². The number of nitrogens with zero attached hydrogens (tertiary/aromatic N) is 1. The highest BCUT2D eigenvalue weighted by Gasteiger charge is 2.49. The summed E-state index contributed by atoms with van der Waals surface area (Å²) >= 11 is 6.23. The second-order valence-electron chi connectivity index (χ2n) is 8.45. The first-order chi connectivity index (χ1) is 16.9. The summed E-state index contributed by atoms with van der Waals surface area (Å²) in [5.74, 6) is -0.266. The minimum absolute atomic E-state index is 0.0307. The van der Waals surface area contributed by atoms with E-state index < -0.39 is 17.7 Å². The van der Waals surface area contributed by atoms with Crippen LogP contribution in [0, 0.1) is 0 Å². The largest absolute Gasteiger partial charge is 0.507 e. The zero-order valence-corrected chi connectivity index (χ0v) is 20.8.